The average Bonchev–Trinajstić information content (AvgIpc) is 2.89. The van der Waals surface area contributed by atoms with Gasteiger partial charge in [-0.05, 0) is 55.3 Å². The molecule has 0 spiro atoms. The summed E-state index contributed by atoms with van der Waals surface area (Å²) in [6.45, 7) is 4.04. The normalized spacial score (nSPS) is 10.7. The summed E-state index contributed by atoms with van der Waals surface area (Å²) < 4.78 is 1.76. The summed E-state index contributed by atoms with van der Waals surface area (Å²) in [5.41, 5.74) is 4.68. The van der Waals surface area contributed by atoms with E-state index in [0.29, 0.717) is 5.56 Å². The Labute approximate surface area is 117 Å². The fraction of sp³-hybridized carbons (Fsp3) is 0.125. The highest BCUT2D eigenvalue weighted by atomic mass is 16.1. The Balaban J connectivity index is 1.85. The predicted molar refractivity (Wildman–Crippen MR) is 79.1 cm³/mol. The van der Waals surface area contributed by atoms with Crippen LogP contribution in [0.5, 0.6) is 0 Å². The van der Waals surface area contributed by atoms with Gasteiger partial charge < -0.3 is 5.32 Å². The Bertz CT molecular complexity index is 789. The first-order valence-electron chi connectivity index (χ1n) is 6.45. The second kappa shape index (κ2) is 4.81. The number of carbonyl (C=O) groups is 1. The smallest absolute Gasteiger partial charge is 0.255 e. The SMILES string of the molecule is Cc1ccc(C(=O)Nc2ccn3nccc3c2)cc1C. The lowest BCUT2D eigenvalue weighted by molar-refractivity contribution is 0.102. The van der Waals surface area contributed by atoms with Crippen molar-refractivity contribution >= 4 is 17.1 Å². The molecule has 20 heavy (non-hydrogen) atoms. The minimum Gasteiger partial charge on any atom is -0.322 e. The molecule has 1 amide bonds. The lowest BCUT2D eigenvalue weighted by Gasteiger charge is -2.07. The van der Waals surface area contributed by atoms with Crippen LogP contribution in [-0.2, 0) is 0 Å². The van der Waals surface area contributed by atoms with Gasteiger partial charge >= 0.3 is 0 Å². The van der Waals surface area contributed by atoms with Crippen molar-refractivity contribution in [3.63, 3.8) is 0 Å². The van der Waals surface area contributed by atoms with E-state index in [-0.39, 0.29) is 5.91 Å². The van der Waals surface area contributed by atoms with E-state index in [1.807, 2.05) is 56.4 Å². The molecule has 3 rings (SSSR count). The second-order valence-electron chi connectivity index (χ2n) is 4.87. The van der Waals surface area contributed by atoms with E-state index in [2.05, 4.69) is 10.4 Å². The third-order valence-electron chi connectivity index (χ3n) is 3.43. The number of aryl methyl sites for hydroxylation is 2. The van der Waals surface area contributed by atoms with Crippen LogP contribution in [0.2, 0.25) is 0 Å². The van der Waals surface area contributed by atoms with Crippen LogP contribution in [0.3, 0.4) is 0 Å². The summed E-state index contributed by atoms with van der Waals surface area (Å²) in [7, 11) is 0. The predicted octanol–water partition coefficient (Wildman–Crippen LogP) is 3.20. The van der Waals surface area contributed by atoms with Gasteiger partial charge in [-0.15, -0.1) is 0 Å². The van der Waals surface area contributed by atoms with E-state index < -0.39 is 0 Å². The van der Waals surface area contributed by atoms with Gasteiger partial charge in [0.15, 0.2) is 0 Å². The number of hydrogen-bond acceptors (Lipinski definition) is 2. The molecule has 0 atom stereocenters. The molecular formula is C16H15N3O. The minimum atomic E-state index is -0.100. The van der Waals surface area contributed by atoms with Crippen molar-refractivity contribution in [1.29, 1.82) is 0 Å². The molecular weight excluding hydrogens is 250 g/mol. The molecule has 0 fully saturated rings. The maximum Gasteiger partial charge on any atom is 0.255 e. The third kappa shape index (κ3) is 2.28. The summed E-state index contributed by atoms with van der Waals surface area (Å²) in [5, 5.41) is 7.03. The monoisotopic (exact) mass is 265 g/mol. The number of carbonyl (C=O) groups excluding carboxylic acids is 1. The number of fused-ring (bicyclic) bond motifs is 1. The van der Waals surface area contributed by atoms with E-state index in [1.54, 1.807) is 10.7 Å². The standard InChI is InChI=1S/C16H15N3O/c1-11-3-4-13(9-12(11)2)16(20)18-14-6-8-19-15(10-14)5-7-17-19/h3-10H,1-2H3,(H,18,20). The zero-order valence-electron chi connectivity index (χ0n) is 11.4. The molecule has 0 aliphatic heterocycles. The highest BCUT2D eigenvalue weighted by Crippen LogP contribution is 2.15. The van der Waals surface area contributed by atoms with Crippen LogP contribution in [-0.4, -0.2) is 15.5 Å². The summed E-state index contributed by atoms with van der Waals surface area (Å²) in [5.74, 6) is -0.100. The van der Waals surface area contributed by atoms with Gasteiger partial charge in [0.25, 0.3) is 5.91 Å². The van der Waals surface area contributed by atoms with Crippen molar-refractivity contribution in [3.05, 3.63) is 65.5 Å². The van der Waals surface area contributed by atoms with Crippen LogP contribution in [0.4, 0.5) is 5.69 Å². The number of aromatic nitrogens is 2. The van der Waals surface area contributed by atoms with Gasteiger partial charge in [0.1, 0.15) is 0 Å². The Morgan fingerprint density at radius 2 is 1.95 bits per heavy atom. The molecule has 100 valence electrons. The number of amides is 1. The lowest BCUT2D eigenvalue weighted by Crippen LogP contribution is -2.12. The first kappa shape index (κ1) is 12.4. The number of hydrogen-bond donors (Lipinski definition) is 1. The lowest BCUT2D eigenvalue weighted by atomic mass is 10.1. The van der Waals surface area contributed by atoms with E-state index >= 15 is 0 Å². The van der Waals surface area contributed by atoms with E-state index in [4.69, 9.17) is 0 Å². The van der Waals surface area contributed by atoms with Crippen LogP contribution >= 0.6 is 0 Å². The molecule has 0 saturated heterocycles. The average molecular weight is 265 g/mol. The fourth-order valence-electron chi connectivity index (χ4n) is 2.09. The van der Waals surface area contributed by atoms with Crippen LogP contribution in [0.1, 0.15) is 21.5 Å². The first-order chi connectivity index (χ1) is 9.63. The molecule has 0 bridgehead atoms. The molecule has 1 aromatic carbocycles. The van der Waals surface area contributed by atoms with Gasteiger partial charge in [-0.2, -0.15) is 5.10 Å². The molecule has 0 aliphatic rings. The molecule has 4 heteroatoms. The number of benzene rings is 1. The van der Waals surface area contributed by atoms with Gasteiger partial charge in [0.2, 0.25) is 0 Å². The highest BCUT2D eigenvalue weighted by Gasteiger charge is 2.07. The number of pyridine rings is 1. The van der Waals surface area contributed by atoms with Crippen molar-refractivity contribution in [2.24, 2.45) is 0 Å². The molecule has 2 heterocycles. The van der Waals surface area contributed by atoms with E-state index in [9.17, 15) is 4.79 Å². The van der Waals surface area contributed by atoms with Crippen molar-refractivity contribution < 1.29 is 4.79 Å². The van der Waals surface area contributed by atoms with Crippen molar-refractivity contribution in [1.82, 2.24) is 9.61 Å². The van der Waals surface area contributed by atoms with Gasteiger partial charge in [0.05, 0.1) is 5.52 Å². The Morgan fingerprint density at radius 1 is 1.10 bits per heavy atom. The summed E-state index contributed by atoms with van der Waals surface area (Å²) in [4.78, 5) is 12.2. The van der Waals surface area contributed by atoms with Gasteiger partial charge in [-0.3, -0.25) is 4.79 Å². The zero-order valence-corrected chi connectivity index (χ0v) is 11.4. The number of anilines is 1. The number of nitrogens with one attached hydrogen (secondary N) is 1. The van der Waals surface area contributed by atoms with Crippen molar-refractivity contribution in [2.45, 2.75) is 13.8 Å². The van der Waals surface area contributed by atoms with Crippen molar-refractivity contribution in [3.8, 4) is 0 Å². The molecule has 4 nitrogen and oxygen atoms in total. The molecule has 0 radical (unpaired) electrons. The Hall–Kier alpha value is -2.62. The quantitative estimate of drug-likeness (QED) is 0.773. The molecule has 0 saturated carbocycles. The number of nitrogens with zero attached hydrogens (tertiary/aromatic N) is 2. The minimum absolute atomic E-state index is 0.100. The van der Waals surface area contributed by atoms with E-state index in [0.717, 1.165) is 16.8 Å². The molecule has 2 aromatic heterocycles. The summed E-state index contributed by atoms with van der Waals surface area (Å²) in [6.07, 6.45) is 3.55. The second-order valence-corrected chi connectivity index (χ2v) is 4.87. The molecule has 0 unspecified atom stereocenters. The Kier molecular flexibility index (Phi) is 2.99. The van der Waals surface area contributed by atoms with Crippen LogP contribution in [0, 0.1) is 13.8 Å². The van der Waals surface area contributed by atoms with Gasteiger partial charge in [-0.25, -0.2) is 4.52 Å². The van der Waals surface area contributed by atoms with Gasteiger partial charge in [0, 0.05) is 23.6 Å². The molecule has 3 aromatic rings. The third-order valence-corrected chi connectivity index (χ3v) is 3.43. The molecule has 1 N–H and O–H groups in total. The largest absolute Gasteiger partial charge is 0.322 e. The first-order valence-corrected chi connectivity index (χ1v) is 6.45. The summed E-state index contributed by atoms with van der Waals surface area (Å²) >= 11 is 0. The zero-order chi connectivity index (χ0) is 14.1. The summed E-state index contributed by atoms with van der Waals surface area (Å²) in [6, 6.07) is 11.3. The topological polar surface area (TPSA) is 46.4 Å². The maximum absolute atomic E-state index is 12.2. The van der Waals surface area contributed by atoms with Crippen molar-refractivity contribution in [2.75, 3.05) is 5.32 Å². The van der Waals surface area contributed by atoms with Gasteiger partial charge in [-0.1, -0.05) is 6.07 Å². The fourth-order valence-corrected chi connectivity index (χ4v) is 2.09. The van der Waals surface area contributed by atoms with E-state index in [1.165, 1.54) is 5.56 Å². The number of rotatable bonds is 2. The van der Waals surface area contributed by atoms with Crippen LogP contribution in [0.15, 0.2) is 48.8 Å². The Morgan fingerprint density at radius 3 is 2.75 bits per heavy atom. The van der Waals surface area contributed by atoms with Crippen LogP contribution < -0.4 is 5.32 Å². The highest BCUT2D eigenvalue weighted by molar-refractivity contribution is 6.04. The maximum atomic E-state index is 12.2. The molecule has 0 aliphatic carbocycles. The van der Waals surface area contributed by atoms with Crippen LogP contribution in [0.25, 0.3) is 5.52 Å².